The summed E-state index contributed by atoms with van der Waals surface area (Å²) in [6.45, 7) is 6.86. The number of halogens is 2. The summed E-state index contributed by atoms with van der Waals surface area (Å²) in [5.74, 6) is 0.673. The first-order valence-electron chi connectivity index (χ1n) is 10.9. The van der Waals surface area contributed by atoms with Gasteiger partial charge in [-0.05, 0) is 35.4 Å². The molecule has 0 saturated carbocycles. The zero-order valence-electron chi connectivity index (χ0n) is 18.5. The van der Waals surface area contributed by atoms with Gasteiger partial charge >= 0.3 is 37.9 Å². The van der Waals surface area contributed by atoms with Gasteiger partial charge in [0.1, 0.15) is 0 Å². The average Bonchev–Trinajstić information content (AvgIpc) is 3.17. The molecule has 160 valence electrons. The molecule has 31 heavy (non-hydrogen) atoms. The molecule has 0 radical (unpaired) electrons. The fourth-order valence-electron chi connectivity index (χ4n) is 4.34. The van der Waals surface area contributed by atoms with Crippen LogP contribution in [0.5, 0.6) is 0 Å². The Hall–Kier alpha value is -1.27. The van der Waals surface area contributed by atoms with E-state index in [9.17, 15) is 0 Å². The van der Waals surface area contributed by atoms with Crippen molar-refractivity contribution < 1.29 is 20.8 Å². The predicted octanol–water partition coefficient (Wildman–Crippen LogP) is 9.42. The van der Waals surface area contributed by atoms with Crippen molar-refractivity contribution in [3.8, 4) is 22.3 Å². The number of fused-ring (bicyclic) bond motifs is 1. The maximum absolute atomic E-state index is 4.93. The van der Waals surface area contributed by atoms with Gasteiger partial charge in [0.15, 0.2) is 0 Å². The van der Waals surface area contributed by atoms with Crippen LogP contribution in [0.1, 0.15) is 38.3 Å². The molecular formula is C28H29Cl2Zr-. The Labute approximate surface area is 205 Å². The summed E-state index contributed by atoms with van der Waals surface area (Å²) < 4.78 is 0. The number of hydrogen-bond donors (Lipinski definition) is 0. The Balaban J connectivity index is 0.000000858. The van der Waals surface area contributed by atoms with Crippen molar-refractivity contribution >= 4 is 27.8 Å². The van der Waals surface area contributed by atoms with Crippen molar-refractivity contribution in [1.82, 2.24) is 0 Å². The molecule has 0 heterocycles. The van der Waals surface area contributed by atoms with Gasteiger partial charge in [-0.2, -0.15) is 6.07 Å². The summed E-state index contributed by atoms with van der Waals surface area (Å²) in [6, 6.07) is 29.2. The Bertz CT molecular complexity index is 1100. The van der Waals surface area contributed by atoms with Gasteiger partial charge in [0.25, 0.3) is 0 Å². The standard InChI is InChI=1S/C28H29.2ClH.Zr/c1-4-10-23-15-16-24-18-21(17-20(2)3)19-27(24)28(23)26-14-9-8-13-25(26)22-11-6-5-7-12-22;;;/h5-9,11-16,18-20H,4,10,17H2,1-3H3;2*1H;/q-1;;;+2/p-2. The Morgan fingerprint density at radius 2 is 1.52 bits per heavy atom. The van der Waals surface area contributed by atoms with Gasteiger partial charge in [-0.1, -0.05) is 92.9 Å². The molecule has 0 bridgehead atoms. The molecule has 0 fully saturated rings. The van der Waals surface area contributed by atoms with Gasteiger partial charge in [0.2, 0.25) is 0 Å². The fraction of sp³-hybridized carbons (Fsp3) is 0.250. The summed E-state index contributed by atoms with van der Waals surface area (Å²) in [5.41, 5.74) is 8.29. The number of aryl methyl sites for hydroxylation is 1. The molecule has 0 nitrogen and oxygen atoms in total. The molecule has 4 aromatic carbocycles. The van der Waals surface area contributed by atoms with E-state index in [0.717, 1.165) is 19.3 Å². The molecule has 0 amide bonds. The molecule has 0 atom stereocenters. The summed E-state index contributed by atoms with van der Waals surface area (Å²) in [7, 11) is 9.87. The van der Waals surface area contributed by atoms with Crippen LogP contribution < -0.4 is 0 Å². The summed E-state index contributed by atoms with van der Waals surface area (Å²) in [4.78, 5) is 0. The van der Waals surface area contributed by atoms with Crippen LogP contribution in [0.25, 0.3) is 33.0 Å². The van der Waals surface area contributed by atoms with Crippen molar-refractivity contribution in [2.45, 2.75) is 40.0 Å². The molecule has 0 aliphatic rings. The third-order valence-electron chi connectivity index (χ3n) is 5.48. The zero-order valence-corrected chi connectivity index (χ0v) is 22.4. The Morgan fingerprint density at radius 3 is 2.16 bits per heavy atom. The van der Waals surface area contributed by atoms with Crippen LogP contribution in [0.2, 0.25) is 0 Å². The van der Waals surface area contributed by atoms with Crippen molar-refractivity contribution in [3.63, 3.8) is 0 Å². The summed E-state index contributed by atoms with van der Waals surface area (Å²) in [5, 5.41) is 2.78. The normalized spacial score (nSPS) is 10.8. The minimum absolute atomic E-state index is 0.673. The zero-order chi connectivity index (χ0) is 22.2. The second-order valence-electron chi connectivity index (χ2n) is 8.30. The van der Waals surface area contributed by atoms with E-state index in [1.165, 1.54) is 44.2 Å². The van der Waals surface area contributed by atoms with E-state index in [2.05, 4.69) is 99.6 Å². The molecule has 0 aliphatic carbocycles. The summed E-state index contributed by atoms with van der Waals surface area (Å²) in [6.07, 6.45) is 3.40. The van der Waals surface area contributed by atoms with Crippen molar-refractivity contribution in [3.05, 3.63) is 90.0 Å². The first-order chi connectivity index (χ1) is 15.1. The van der Waals surface area contributed by atoms with E-state index in [1.54, 1.807) is 0 Å². The molecule has 0 N–H and O–H groups in total. The van der Waals surface area contributed by atoms with Crippen LogP contribution >= 0.6 is 17.0 Å². The SMILES string of the molecule is CCCc1ccc2[cH-]c(CC(C)C)cc2c1-c1ccccc1-c1ccccc1.[Cl][Zr][Cl]. The van der Waals surface area contributed by atoms with Crippen LogP contribution in [0.15, 0.2) is 78.9 Å². The molecule has 0 unspecified atom stereocenters. The predicted molar refractivity (Wildman–Crippen MR) is 135 cm³/mol. The van der Waals surface area contributed by atoms with E-state index in [1.807, 2.05) is 0 Å². The third kappa shape index (κ3) is 6.16. The van der Waals surface area contributed by atoms with Gasteiger partial charge in [-0.3, -0.25) is 0 Å². The maximum atomic E-state index is 4.93. The van der Waals surface area contributed by atoms with Crippen LogP contribution in [-0.4, -0.2) is 0 Å². The number of rotatable bonds is 6. The van der Waals surface area contributed by atoms with E-state index in [-0.39, 0.29) is 0 Å². The van der Waals surface area contributed by atoms with Gasteiger partial charge in [-0.15, -0.1) is 34.5 Å². The van der Waals surface area contributed by atoms with Gasteiger partial charge < -0.3 is 0 Å². The Kier molecular flexibility index (Phi) is 9.52. The van der Waals surface area contributed by atoms with Crippen molar-refractivity contribution in [1.29, 1.82) is 0 Å². The number of hydrogen-bond acceptors (Lipinski definition) is 0. The molecule has 4 aromatic rings. The fourth-order valence-corrected chi connectivity index (χ4v) is 4.34. The molecule has 0 saturated heterocycles. The van der Waals surface area contributed by atoms with Crippen LogP contribution in [-0.2, 0) is 33.7 Å². The average molecular weight is 528 g/mol. The quantitative estimate of drug-likeness (QED) is 0.219. The number of benzene rings is 3. The minimum atomic E-state index is -0.826. The van der Waals surface area contributed by atoms with E-state index in [0.29, 0.717) is 5.92 Å². The van der Waals surface area contributed by atoms with Crippen LogP contribution in [0.3, 0.4) is 0 Å². The second kappa shape index (κ2) is 12.1. The van der Waals surface area contributed by atoms with E-state index >= 15 is 0 Å². The molecule has 0 aliphatic heterocycles. The second-order valence-corrected chi connectivity index (χ2v) is 12.0. The molecular weight excluding hydrogens is 498 g/mol. The van der Waals surface area contributed by atoms with Crippen LogP contribution in [0.4, 0.5) is 0 Å². The molecule has 3 heteroatoms. The molecule has 4 rings (SSSR count). The summed E-state index contributed by atoms with van der Waals surface area (Å²) >= 11 is -0.826. The third-order valence-corrected chi connectivity index (χ3v) is 5.48. The Morgan fingerprint density at radius 1 is 0.871 bits per heavy atom. The molecule has 0 spiro atoms. The first kappa shape index (κ1) is 24.4. The van der Waals surface area contributed by atoms with Gasteiger partial charge in [0, 0.05) is 0 Å². The van der Waals surface area contributed by atoms with E-state index in [4.69, 9.17) is 17.0 Å². The first-order valence-corrected chi connectivity index (χ1v) is 17.2. The van der Waals surface area contributed by atoms with Crippen LogP contribution in [0, 0.1) is 5.92 Å². The monoisotopic (exact) mass is 525 g/mol. The van der Waals surface area contributed by atoms with Gasteiger partial charge in [-0.25, -0.2) is 0 Å². The van der Waals surface area contributed by atoms with Crippen molar-refractivity contribution in [2.75, 3.05) is 0 Å². The van der Waals surface area contributed by atoms with Crippen molar-refractivity contribution in [2.24, 2.45) is 5.92 Å². The van der Waals surface area contributed by atoms with Gasteiger partial charge in [0.05, 0.1) is 0 Å². The van der Waals surface area contributed by atoms with E-state index < -0.39 is 20.8 Å². The topological polar surface area (TPSA) is 0 Å². The molecule has 0 aromatic heterocycles.